The fourth-order valence-electron chi connectivity index (χ4n) is 4.24. The Hall–Kier alpha value is -3.74. The summed E-state index contributed by atoms with van der Waals surface area (Å²) in [7, 11) is 0. The van der Waals surface area contributed by atoms with Crippen molar-refractivity contribution in [3.63, 3.8) is 0 Å². The number of carbonyl (C=O) groups is 3. The van der Waals surface area contributed by atoms with Gasteiger partial charge >= 0.3 is 18.1 Å². The van der Waals surface area contributed by atoms with Gasteiger partial charge in [0.2, 0.25) is 0 Å². The molecule has 2 saturated carbocycles. The van der Waals surface area contributed by atoms with Crippen molar-refractivity contribution in [3.8, 4) is 0 Å². The first-order valence-corrected chi connectivity index (χ1v) is 12.7. The van der Waals surface area contributed by atoms with E-state index >= 15 is 0 Å². The zero-order valence-electron chi connectivity index (χ0n) is 21.3. The van der Waals surface area contributed by atoms with Crippen LogP contribution in [-0.4, -0.2) is 63.3 Å². The van der Waals surface area contributed by atoms with Crippen LogP contribution in [-0.2, 0) is 16.1 Å². The number of rotatable bonds is 10. The van der Waals surface area contributed by atoms with Gasteiger partial charge in [-0.25, -0.2) is 14.8 Å². The van der Waals surface area contributed by atoms with Gasteiger partial charge in [-0.1, -0.05) is 31.4 Å². The van der Waals surface area contributed by atoms with Gasteiger partial charge in [0.1, 0.15) is 17.8 Å². The van der Waals surface area contributed by atoms with Crippen molar-refractivity contribution in [1.29, 1.82) is 0 Å². The van der Waals surface area contributed by atoms with Crippen LogP contribution in [0.5, 0.6) is 0 Å². The lowest BCUT2D eigenvalue weighted by Gasteiger charge is -2.35. The monoisotopic (exact) mass is 551 g/mol. The lowest BCUT2D eigenvalue weighted by molar-refractivity contribution is -0.192. The first-order valence-electron chi connectivity index (χ1n) is 12.7. The third-order valence-electron chi connectivity index (χ3n) is 6.41. The van der Waals surface area contributed by atoms with Crippen LogP contribution in [0.15, 0.2) is 36.7 Å². The summed E-state index contributed by atoms with van der Waals surface area (Å²) in [6.45, 7) is 1.38. The highest BCUT2D eigenvalue weighted by atomic mass is 19.4. The predicted octanol–water partition coefficient (Wildman–Crippen LogP) is 4.09. The number of nitrogens with zero attached hydrogens (tertiary/aromatic N) is 3. The van der Waals surface area contributed by atoms with Gasteiger partial charge < -0.3 is 25.7 Å². The van der Waals surface area contributed by atoms with E-state index in [9.17, 15) is 22.8 Å². The number of amides is 1. The second-order valence-electron chi connectivity index (χ2n) is 9.60. The van der Waals surface area contributed by atoms with Crippen LogP contribution in [0.2, 0.25) is 0 Å². The van der Waals surface area contributed by atoms with Gasteiger partial charge in [-0.15, -0.1) is 0 Å². The highest BCUT2D eigenvalue weighted by Crippen LogP contribution is 2.34. The number of hydrogen-bond donors (Lipinski definition) is 4. The second-order valence-corrected chi connectivity index (χ2v) is 9.60. The molecular weight excluding hydrogens is 519 g/mol. The van der Waals surface area contributed by atoms with Gasteiger partial charge in [-0.2, -0.15) is 13.2 Å². The third kappa shape index (κ3) is 10.2. The van der Waals surface area contributed by atoms with Crippen molar-refractivity contribution in [2.75, 3.05) is 23.3 Å². The molecule has 1 amide bonds. The first kappa shape index (κ1) is 29.8. The quantitative estimate of drug-likeness (QED) is 0.343. The first-order chi connectivity index (χ1) is 18.5. The van der Waals surface area contributed by atoms with Crippen LogP contribution in [0.25, 0.3) is 0 Å². The molecule has 0 saturated heterocycles. The molecule has 4 rings (SSSR count). The number of alkyl halides is 3. The maximum absolute atomic E-state index is 12.8. The molecule has 0 spiro atoms. The third-order valence-corrected chi connectivity index (χ3v) is 6.41. The number of halogens is 3. The molecule has 0 radical (unpaired) electrons. The van der Waals surface area contributed by atoms with Crippen LogP contribution < -0.4 is 15.5 Å². The van der Waals surface area contributed by atoms with E-state index in [4.69, 9.17) is 15.0 Å². The summed E-state index contributed by atoms with van der Waals surface area (Å²) >= 11 is 0. The molecule has 1 aromatic heterocycles. The highest BCUT2D eigenvalue weighted by Gasteiger charge is 2.38. The van der Waals surface area contributed by atoms with Crippen molar-refractivity contribution in [3.05, 3.63) is 47.9 Å². The fourth-order valence-corrected chi connectivity index (χ4v) is 4.24. The molecule has 10 nitrogen and oxygen atoms in total. The minimum Gasteiger partial charge on any atom is -0.480 e. The Labute approximate surface area is 223 Å². The Morgan fingerprint density at radius 3 is 2.18 bits per heavy atom. The molecule has 2 aliphatic rings. The van der Waals surface area contributed by atoms with Crippen LogP contribution in [0.1, 0.15) is 61.0 Å². The normalized spacial score (nSPS) is 15.6. The Morgan fingerprint density at radius 1 is 0.974 bits per heavy atom. The molecule has 2 fully saturated rings. The molecule has 13 heteroatoms. The van der Waals surface area contributed by atoms with Crippen LogP contribution in [0, 0.1) is 5.92 Å². The average molecular weight is 552 g/mol. The van der Waals surface area contributed by atoms with Gasteiger partial charge in [0.25, 0.3) is 5.91 Å². The molecule has 1 aromatic carbocycles. The van der Waals surface area contributed by atoms with Gasteiger partial charge in [0.05, 0.1) is 6.54 Å². The van der Waals surface area contributed by atoms with Crippen molar-refractivity contribution >= 4 is 29.4 Å². The predicted molar refractivity (Wildman–Crippen MR) is 136 cm³/mol. The molecule has 0 aliphatic heterocycles. The van der Waals surface area contributed by atoms with Crippen LogP contribution in [0.3, 0.4) is 0 Å². The number of anilines is 2. The molecule has 39 heavy (non-hydrogen) atoms. The Kier molecular flexibility index (Phi) is 10.6. The van der Waals surface area contributed by atoms with Gasteiger partial charge in [0, 0.05) is 30.9 Å². The summed E-state index contributed by atoms with van der Waals surface area (Å²) in [5.74, 6) is -2.32. The number of carboxylic acids is 2. The second kappa shape index (κ2) is 13.9. The van der Waals surface area contributed by atoms with Crippen molar-refractivity contribution < 1.29 is 37.8 Å². The molecule has 212 valence electrons. The lowest BCUT2D eigenvalue weighted by Crippen LogP contribution is -2.39. The number of nitrogens with one attached hydrogen (secondary N) is 2. The zero-order valence-corrected chi connectivity index (χ0v) is 21.3. The van der Waals surface area contributed by atoms with E-state index in [2.05, 4.69) is 25.5 Å². The Morgan fingerprint density at radius 2 is 1.62 bits per heavy atom. The van der Waals surface area contributed by atoms with E-state index in [1.807, 2.05) is 18.2 Å². The minimum absolute atomic E-state index is 0.0901. The number of benzene rings is 1. The standard InChI is InChI=1S/C24H31N5O3.C2HF3O2/c30-23(31)14-25-13-17-8-10-19(11-9-17)28-24(32)21-12-22(27-16-26-21)29(15-18-6-7-18)20-4-2-1-3-5-20;3-2(4,5)1(6)7/h8-12,16,18,20,25H,1-7,13-15H2,(H,28,32)(H,30,31);(H,6,7). The summed E-state index contributed by atoms with van der Waals surface area (Å²) in [5.41, 5.74) is 1.97. The summed E-state index contributed by atoms with van der Waals surface area (Å²) in [6.07, 6.45) is 5.16. The van der Waals surface area contributed by atoms with Crippen LogP contribution >= 0.6 is 0 Å². The SMILES string of the molecule is O=C(O)C(F)(F)F.O=C(O)CNCc1ccc(NC(=O)c2cc(N(CC3CC3)C3CCCCC3)ncn2)cc1. The smallest absolute Gasteiger partial charge is 0.480 e. The number of carboxylic acid groups (broad SMARTS) is 2. The van der Waals surface area contributed by atoms with Crippen molar-refractivity contribution in [2.24, 2.45) is 5.92 Å². The topological polar surface area (TPSA) is 145 Å². The number of aliphatic carboxylic acids is 2. The van der Waals surface area contributed by atoms with Gasteiger partial charge in [-0.3, -0.25) is 9.59 Å². The number of carbonyl (C=O) groups excluding carboxylic acids is 1. The number of aromatic nitrogens is 2. The van der Waals surface area contributed by atoms with Crippen molar-refractivity contribution in [1.82, 2.24) is 15.3 Å². The Bertz CT molecular complexity index is 1120. The summed E-state index contributed by atoms with van der Waals surface area (Å²) in [5, 5.41) is 21.6. The molecular formula is C26H32F3N5O5. The van der Waals surface area contributed by atoms with Gasteiger partial charge in [0.15, 0.2) is 0 Å². The molecule has 0 atom stereocenters. The largest absolute Gasteiger partial charge is 0.490 e. The number of hydrogen-bond acceptors (Lipinski definition) is 7. The summed E-state index contributed by atoms with van der Waals surface area (Å²) < 4.78 is 31.7. The molecule has 0 unspecified atom stereocenters. The maximum Gasteiger partial charge on any atom is 0.490 e. The van der Waals surface area contributed by atoms with Crippen molar-refractivity contribution in [2.45, 2.75) is 63.7 Å². The van der Waals surface area contributed by atoms with Crippen LogP contribution in [0.4, 0.5) is 24.7 Å². The van der Waals surface area contributed by atoms with E-state index in [1.54, 1.807) is 12.1 Å². The zero-order chi connectivity index (χ0) is 28.4. The Balaban J connectivity index is 0.000000532. The highest BCUT2D eigenvalue weighted by molar-refractivity contribution is 6.03. The molecule has 2 aliphatic carbocycles. The maximum atomic E-state index is 12.8. The lowest BCUT2D eigenvalue weighted by atomic mass is 9.94. The van der Waals surface area contributed by atoms with E-state index in [-0.39, 0.29) is 12.5 Å². The minimum atomic E-state index is -5.08. The molecule has 0 bridgehead atoms. The molecule has 1 heterocycles. The summed E-state index contributed by atoms with van der Waals surface area (Å²) in [4.78, 5) is 43.5. The fraction of sp³-hybridized carbons (Fsp3) is 0.500. The van der Waals surface area contributed by atoms with E-state index in [1.165, 1.54) is 51.3 Å². The molecule has 2 aromatic rings. The van der Waals surface area contributed by atoms with E-state index in [0.29, 0.717) is 24.0 Å². The van der Waals surface area contributed by atoms with E-state index in [0.717, 1.165) is 23.8 Å². The summed E-state index contributed by atoms with van der Waals surface area (Å²) in [6, 6.07) is 9.64. The van der Waals surface area contributed by atoms with E-state index < -0.39 is 18.1 Å². The molecule has 4 N–H and O–H groups in total. The average Bonchev–Trinajstić information content (AvgIpc) is 3.73. The van der Waals surface area contributed by atoms with Gasteiger partial charge in [-0.05, 0) is 49.3 Å².